The summed E-state index contributed by atoms with van der Waals surface area (Å²) in [4.78, 5) is 5.10. The van der Waals surface area contributed by atoms with Crippen LogP contribution in [0.4, 0.5) is 0 Å². The maximum atomic E-state index is 2.19. The second kappa shape index (κ2) is 6.88. The standard InChI is InChI=1S/C19H16S2/c1-15-7-9-17(10-8-15)21-19-13-11-18(12-14-19)20-16-5-3-2-4-6-16/h2-14H,1H3. The molecule has 0 aliphatic heterocycles. The van der Waals surface area contributed by atoms with Crippen molar-refractivity contribution in [1.82, 2.24) is 0 Å². The first-order valence-electron chi connectivity index (χ1n) is 6.87. The Hall–Kier alpha value is -1.64. The molecule has 3 aromatic rings. The molecule has 0 amide bonds. The first-order valence-corrected chi connectivity index (χ1v) is 8.50. The van der Waals surface area contributed by atoms with Gasteiger partial charge in [0.15, 0.2) is 0 Å². The minimum absolute atomic E-state index is 1.27. The van der Waals surface area contributed by atoms with Crippen molar-refractivity contribution in [2.45, 2.75) is 26.5 Å². The predicted molar refractivity (Wildman–Crippen MR) is 92.3 cm³/mol. The van der Waals surface area contributed by atoms with E-state index in [1.807, 2.05) is 6.07 Å². The van der Waals surface area contributed by atoms with Crippen molar-refractivity contribution < 1.29 is 0 Å². The van der Waals surface area contributed by atoms with Crippen LogP contribution >= 0.6 is 23.5 Å². The summed E-state index contributed by atoms with van der Waals surface area (Å²) in [5.41, 5.74) is 1.30. The van der Waals surface area contributed by atoms with E-state index in [0.717, 1.165) is 0 Å². The number of hydrogen-bond acceptors (Lipinski definition) is 2. The highest BCUT2D eigenvalue weighted by Crippen LogP contribution is 2.32. The summed E-state index contributed by atoms with van der Waals surface area (Å²) in [6.07, 6.45) is 0. The predicted octanol–water partition coefficient (Wildman–Crippen LogP) is 6.30. The fourth-order valence-electron chi connectivity index (χ4n) is 1.94. The Balaban J connectivity index is 1.68. The van der Waals surface area contributed by atoms with E-state index in [1.54, 1.807) is 23.5 Å². The van der Waals surface area contributed by atoms with Gasteiger partial charge in [-0.15, -0.1) is 0 Å². The van der Waals surface area contributed by atoms with Crippen LogP contribution in [0.15, 0.2) is 98.4 Å². The van der Waals surface area contributed by atoms with Crippen LogP contribution in [0.3, 0.4) is 0 Å². The molecule has 0 nitrogen and oxygen atoms in total. The molecule has 0 saturated carbocycles. The number of benzene rings is 3. The lowest BCUT2D eigenvalue weighted by molar-refractivity contribution is 1.32. The Morgan fingerprint density at radius 2 is 0.857 bits per heavy atom. The van der Waals surface area contributed by atoms with Crippen LogP contribution < -0.4 is 0 Å². The van der Waals surface area contributed by atoms with Crippen molar-refractivity contribution in [3.8, 4) is 0 Å². The molecule has 0 fully saturated rings. The molecule has 104 valence electrons. The summed E-state index contributed by atoms with van der Waals surface area (Å²) in [7, 11) is 0. The van der Waals surface area contributed by atoms with E-state index in [4.69, 9.17) is 0 Å². The summed E-state index contributed by atoms with van der Waals surface area (Å²) in [6, 6.07) is 27.9. The van der Waals surface area contributed by atoms with Gasteiger partial charge < -0.3 is 0 Å². The molecule has 21 heavy (non-hydrogen) atoms. The molecule has 0 unspecified atom stereocenters. The fraction of sp³-hybridized carbons (Fsp3) is 0.0526. The summed E-state index contributed by atoms with van der Waals surface area (Å²) in [5.74, 6) is 0. The summed E-state index contributed by atoms with van der Waals surface area (Å²) in [5, 5.41) is 0. The number of hydrogen-bond donors (Lipinski definition) is 0. The van der Waals surface area contributed by atoms with Crippen LogP contribution in [0.25, 0.3) is 0 Å². The lowest BCUT2D eigenvalue weighted by Crippen LogP contribution is -1.77. The zero-order valence-corrected chi connectivity index (χ0v) is 13.5. The fourth-order valence-corrected chi connectivity index (χ4v) is 3.60. The largest absolute Gasteiger partial charge is 0.0901 e. The van der Waals surface area contributed by atoms with Gasteiger partial charge in [0.05, 0.1) is 0 Å². The molecule has 0 bridgehead atoms. The van der Waals surface area contributed by atoms with E-state index in [-0.39, 0.29) is 0 Å². The smallest absolute Gasteiger partial charge is 0.0123 e. The molecule has 3 rings (SSSR count). The third-order valence-corrected chi connectivity index (χ3v) is 5.09. The van der Waals surface area contributed by atoms with Crippen molar-refractivity contribution in [3.63, 3.8) is 0 Å². The lowest BCUT2D eigenvalue weighted by atomic mass is 10.2. The number of aryl methyl sites for hydroxylation is 1. The van der Waals surface area contributed by atoms with Crippen LogP contribution in [0.2, 0.25) is 0 Å². The van der Waals surface area contributed by atoms with Gasteiger partial charge in [0.2, 0.25) is 0 Å². The van der Waals surface area contributed by atoms with Gasteiger partial charge in [0, 0.05) is 19.6 Å². The van der Waals surface area contributed by atoms with Crippen LogP contribution in [0, 0.1) is 6.92 Å². The normalized spacial score (nSPS) is 10.5. The molecule has 2 heteroatoms. The van der Waals surface area contributed by atoms with Gasteiger partial charge in [-0.05, 0) is 55.5 Å². The molecular formula is C19H16S2. The van der Waals surface area contributed by atoms with Crippen molar-refractivity contribution in [2.24, 2.45) is 0 Å². The van der Waals surface area contributed by atoms with E-state index in [9.17, 15) is 0 Å². The van der Waals surface area contributed by atoms with Gasteiger partial charge in [0.25, 0.3) is 0 Å². The Morgan fingerprint density at radius 1 is 0.476 bits per heavy atom. The van der Waals surface area contributed by atoms with Gasteiger partial charge in [-0.3, -0.25) is 0 Å². The third kappa shape index (κ3) is 4.16. The highest BCUT2D eigenvalue weighted by Gasteiger charge is 2.00. The first kappa shape index (κ1) is 14.3. The van der Waals surface area contributed by atoms with Crippen molar-refractivity contribution in [2.75, 3.05) is 0 Å². The molecule has 0 saturated heterocycles. The topological polar surface area (TPSA) is 0 Å². The minimum atomic E-state index is 1.27. The van der Waals surface area contributed by atoms with Gasteiger partial charge in [-0.25, -0.2) is 0 Å². The molecule has 0 aliphatic carbocycles. The van der Waals surface area contributed by atoms with Crippen LogP contribution in [0.5, 0.6) is 0 Å². The summed E-state index contributed by atoms with van der Waals surface area (Å²) < 4.78 is 0. The second-order valence-electron chi connectivity index (χ2n) is 4.80. The SMILES string of the molecule is Cc1ccc(Sc2ccc(Sc3ccccc3)cc2)cc1. The summed E-state index contributed by atoms with van der Waals surface area (Å²) >= 11 is 3.60. The monoisotopic (exact) mass is 308 g/mol. The minimum Gasteiger partial charge on any atom is -0.0901 e. The van der Waals surface area contributed by atoms with Crippen LogP contribution in [0.1, 0.15) is 5.56 Å². The Bertz CT molecular complexity index is 686. The van der Waals surface area contributed by atoms with Crippen molar-refractivity contribution >= 4 is 23.5 Å². The molecule has 0 N–H and O–H groups in total. The maximum absolute atomic E-state index is 2.19. The molecule has 0 aliphatic rings. The molecule has 0 atom stereocenters. The van der Waals surface area contributed by atoms with E-state index in [1.165, 1.54) is 25.1 Å². The lowest BCUT2D eigenvalue weighted by Gasteiger charge is -2.05. The van der Waals surface area contributed by atoms with Crippen molar-refractivity contribution in [1.29, 1.82) is 0 Å². The Labute approximate surface area is 134 Å². The molecule has 0 radical (unpaired) electrons. The molecule has 0 spiro atoms. The van der Waals surface area contributed by atoms with E-state index in [0.29, 0.717) is 0 Å². The summed E-state index contributed by atoms with van der Waals surface area (Å²) in [6.45, 7) is 2.12. The molecule has 0 aromatic heterocycles. The Kier molecular flexibility index (Phi) is 4.69. The highest BCUT2D eigenvalue weighted by atomic mass is 32.2. The average Bonchev–Trinajstić information content (AvgIpc) is 2.53. The van der Waals surface area contributed by atoms with Crippen molar-refractivity contribution in [3.05, 3.63) is 84.4 Å². The number of rotatable bonds is 4. The van der Waals surface area contributed by atoms with Gasteiger partial charge in [-0.1, -0.05) is 59.4 Å². The van der Waals surface area contributed by atoms with Gasteiger partial charge in [-0.2, -0.15) is 0 Å². The quantitative estimate of drug-likeness (QED) is 0.555. The van der Waals surface area contributed by atoms with Crippen LogP contribution in [-0.4, -0.2) is 0 Å². The molecule has 0 heterocycles. The maximum Gasteiger partial charge on any atom is 0.0123 e. The highest BCUT2D eigenvalue weighted by molar-refractivity contribution is 7.99. The molecular weight excluding hydrogens is 292 g/mol. The zero-order chi connectivity index (χ0) is 14.5. The van der Waals surface area contributed by atoms with E-state index in [2.05, 4.69) is 79.7 Å². The molecule has 3 aromatic carbocycles. The van der Waals surface area contributed by atoms with Crippen LogP contribution in [-0.2, 0) is 0 Å². The Morgan fingerprint density at radius 3 is 1.33 bits per heavy atom. The van der Waals surface area contributed by atoms with Gasteiger partial charge in [0.1, 0.15) is 0 Å². The second-order valence-corrected chi connectivity index (χ2v) is 7.10. The first-order chi connectivity index (χ1) is 10.3. The van der Waals surface area contributed by atoms with E-state index >= 15 is 0 Å². The zero-order valence-electron chi connectivity index (χ0n) is 11.8. The van der Waals surface area contributed by atoms with E-state index < -0.39 is 0 Å². The third-order valence-electron chi connectivity index (χ3n) is 3.06. The average molecular weight is 308 g/mol. The van der Waals surface area contributed by atoms with Gasteiger partial charge >= 0.3 is 0 Å².